The average molecular weight is 267 g/mol. The van der Waals surface area contributed by atoms with Crippen LogP contribution in [0.3, 0.4) is 0 Å². The van der Waals surface area contributed by atoms with Crippen molar-refractivity contribution in [2.24, 2.45) is 0 Å². The number of hydrogen-bond acceptors (Lipinski definition) is 2. The second-order valence-electron chi connectivity index (χ2n) is 2.97. The van der Waals surface area contributed by atoms with E-state index in [0.29, 0.717) is 24.2 Å². The maximum absolute atomic E-state index is 11.7. The Morgan fingerprint density at radius 1 is 1.60 bits per heavy atom. The molecule has 0 amide bonds. The Hall–Kier alpha value is -1.27. The van der Waals surface area contributed by atoms with E-state index in [1.807, 2.05) is 6.07 Å². The predicted molar refractivity (Wildman–Crippen MR) is 63.1 cm³/mol. The maximum atomic E-state index is 11.7. The minimum atomic E-state index is 0.0114. The van der Waals surface area contributed by atoms with Crippen molar-refractivity contribution in [2.75, 3.05) is 7.11 Å². The summed E-state index contributed by atoms with van der Waals surface area (Å²) in [6, 6.07) is 5.32. The highest BCUT2D eigenvalue weighted by Crippen LogP contribution is 2.24. The van der Waals surface area contributed by atoms with E-state index in [9.17, 15) is 4.79 Å². The molecule has 1 aromatic carbocycles. The molecule has 0 radical (unpaired) electrons. The third-order valence-corrected chi connectivity index (χ3v) is 2.45. The zero-order chi connectivity index (χ0) is 11.3. The molecule has 0 aliphatic heterocycles. The van der Waals surface area contributed by atoms with Crippen molar-refractivity contribution in [3.8, 4) is 18.1 Å². The number of halogens is 1. The summed E-state index contributed by atoms with van der Waals surface area (Å²) in [5.41, 5.74) is 0.580. The number of hydrogen-bond donors (Lipinski definition) is 0. The van der Waals surface area contributed by atoms with Crippen LogP contribution in [0.1, 0.15) is 23.2 Å². The Morgan fingerprint density at radius 3 is 2.93 bits per heavy atom. The monoisotopic (exact) mass is 266 g/mol. The molecule has 15 heavy (non-hydrogen) atoms. The molecule has 0 N–H and O–H groups in total. The fourth-order valence-electron chi connectivity index (χ4n) is 1.22. The van der Waals surface area contributed by atoms with Crippen molar-refractivity contribution >= 4 is 21.7 Å². The van der Waals surface area contributed by atoms with Crippen LogP contribution in [-0.2, 0) is 0 Å². The van der Waals surface area contributed by atoms with Crippen molar-refractivity contribution in [3.63, 3.8) is 0 Å². The van der Waals surface area contributed by atoms with Gasteiger partial charge < -0.3 is 4.74 Å². The summed E-state index contributed by atoms with van der Waals surface area (Å²) < 4.78 is 6.01. The van der Waals surface area contributed by atoms with Crippen molar-refractivity contribution < 1.29 is 9.53 Å². The standard InChI is InChI=1S/C12H11BrO2/c1-3-4-5-11(14)10-7-6-9(13)8-12(10)15-2/h1,6-8H,4-5H2,2H3. The minimum Gasteiger partial charge on any atom is -0.496 e. The van der Waals surface area contributed by atoms with Crippen molar-refractivity contribution in [2.45, 2.75) is 12.8 Å². The number of rotatable bonds is 4. The minimum absolute atomic E-state index is 0.0114. The third-order valence-electron chi connectivity index (χ3n) is 1.96. The van der Waals surface area contributed by atoms with E-state index >= 15 is 0 Å². The van der Waals surface area contributed by atoms with Gasteiger partial charge in [0.1, 0.15) is 5.75 Å². The number of carbonyl (C=O) groups is 1. The van der Waals surface area contributed by atoms with E-state index in [-0.39, 0.29) is 5.78 Å². The summed E-state index contributed by atoms with van der Waals surface area (Å²) in [5.74, 6) is 3.03. The van der Waals surface area contributed by atoms with Crippen molar-refractivity contribution in [1.29, 1.82) is 0 Å². The molecular formula is C12H11BrO2. The zero-order valence-electron chi connectivity index (χ0n) is 8.42. The van der Waals surface area contributed by atoms with Crippen LogP contribution in [0.15, 0.2) is 22.7 Å². The Morgan fingerprint density at radius 2 is 2.33 bits per heavy atom. The van der Waals surface area contributed by atoms with Crippen LogP contribution < -0.4 is 4.74 Å². The first-order valence-corrected chi connectivity index (χ1v) is 5.28. The third kappa shape index (κ3) is 3.10. The van der Waals surface area contributed by atoms with Gasteiger partial charge in [-0.05, 0) is 18.2 Å². The highest BCUT2D eigenvalue weighted by molar-refractivity contribution is 9.10. The van der Waals surface area contributed by atoms with Gasteiger partial charge >= 0.3 is 0 Å². The van der Waals surface area contributed by atoms with Crippen LogP contribution in [0.25, 0.3) is 0 Å². The zero-order valence-corrected chi connectivity index (χ0v) is 10.0. The van der Waals surface area contributed by atoms with Gasteiger partial charge in [0, 0.05) is 17.3 Å². The summed E-state index contributed by atoms with van der Waals surface area (Å²) >= 11 is 3.32. The van der Waals surface area contributed by atoms with Gasteiger partial charge in [0.2, 0.25) is 0 Å². The lowest BCUT2D eigenvalue weighted by molar-refractivity contribution is 0.0981. The first-order valence-electron chi connectivity index (χ1n) is 4.49. The van der Waals surface area contributed by atoms with Gasteiger partial charge in [-0.25, -0.2) is 0 Å². The Kier molecular flexibility index (Phi) is 4.38. The lowest BCUT2D eigenvalue weighted by Crippen LogP contribution is -2.01. The molecule has 0 spiro atoms. The van der Waals surface area contributed by atoms with E-state index < -0.39 is 0 Å². The molecular weight excluding hydrogens is 256 g/mol. The van der Waals surface area contributed by atoms with E-state index in [1.54, 1.807) is 19.2 Å². The van der Waals surface area contributed by atoms with Gasteiger partial charge in [-0.1, -0.05) is 15.9 Å². The molecule has 0 heterocycles. The number of carbonyl (C=O) groups excluding carboxylic acids is 1. The molecule has 1 aromatic rings. The largest absolute Gasteiger partial charge is 0.496 e. The van der Waals surface area contributed by atoms with Gasteiger partial charge in [0.15, 0.2) is 5.78 Å². The van der Waals surface area contributed by atoms with Crippen LogP contribution in [0.5, 0.6) is 5.75 Å². The van der Waals surface area contributed by atoms with Crippen LogP contribution in [0.2, 0.25) is 0 Å². The number of terminal acetylenes is 1. The second-order valence-corrected chi connectivity index (χ2v) is 3.89. The van der Waals surface area contributed by atoms with E-state index in [2.05, 4.69) is 21.9 Å². The number of ether oxygens (including phenoxy) is 1. The first-order chi connectivity index (χ1) is 7.19. The molecule has 0 bridgehead atoms. The fourth-order valence-corrected chi connectivity index (χ4v) is 1.56. The van der Waals surface area contributed by atoms with Gasteiger partial charge in [0.25, 0.3) is 0 Å². The van der Waals surface area contributed by atoms with E-state index in [1.165, 1.54) is 0 Å². The lowest BCUT2D eigenvalue weighted by atomic mass is 10.1. The first kappa shape index (κ1) is 11.8. The van der Waals surface area contributed by atoms with Crippen LogP contribution in [0, 0.1) is 12.3 Å². The molecule has 2 nitrogen and oxygen atoms in total. The fraction of sp³-hybridized carbons (Fsp3) is 0.250. The maximum Gasteiger partial charge on any atom is 0.167 e. The van der Waals surface area contributed by atoms with Crippen molar-refractivity contribution in [3.05, 3.63) is 28.2 Å². The van der Waals surface area contributed by atoms with Gasteiger partial charge in [-0.15, -0.1) is 12.3 Å². The molecule has 3 heteroatoms. The number of Topliss-reactive ketones (excluding diaryl/α,β-unsaturated/α-hetero) is 1. The summed E-state index contributed by atoms with van der Waals surface area (Å²) in [6.07, 6.45) is 5.92. The molecule has 0 fully saturated rings. The quantitative estimate of drug-likeness (QED) is 0.619. The molecule has 1 rings (SSSR count). The van der Waals surface area contributed by atoms with Crippen LogP contribution >= 0.6 is 15.9 Å². The lowest BCUT2D eigenvalue weighted by Gasteiger charge is -2.07. The SMILES string of the molecule is C#CCCC(=O)c1ccc(Br)cc1OC. The topological polar surface area (TPSA) is 26.3 Å². The molecule has 0 aromatic heterocycles. The van der Waals surface area contributed by atoms with Gasteiger partial charge in [-0.2, -0.15) is 0 Å². The predicted octanol–water partition coefficient (Wildman–Crippen LogP) is 3.05. The summed E-state index contributed by atoms with van der Waals surface area (Å²) in [7, 11) is 1.54. The summed E-state index contributed by atoms with van der Waals surface area (Å²) in [4.78, 5) is 11.7. The summed E-state index contributed by atoms with van der Waals surface area (Å²) in [5, 5.41) is 0. The number of ketones is 1. The highest BCUT2D eigenvalue weighted by atomic mass is 79.9. The Balaban J connectivity index is 2.93. The van der Waals surface area contributed by atoms with Crippen molar-refractivity contribution in [1.82, 2.24) is 0 Å². The van der Waals surface area contributed by atoms with E-state index in [4.69, 9.17) is 11.2 Å². The molecule has 0 aliphatic carbocycles. The summed E-state index contributed by atoms with van der Waals surface area (Å²) in [6.45, 7) is 0. The molecule has 0 unspecified atom stereocenters. The van der Waals surface area contributed by atoms with Gasteiger partial charge in [-0.3, -0.25) is 4.79 Å². The Labute approximate surface area is 97.8 Å². The van der Waals surface area contributed by atoms with Crippen LogP contribution in [-0.4, -0.2) is 12.9 Å². The van der Waals surface area contributed by atoms with Gasteiger partial charge in [0.05, 0.1) is 12.7 Å². The molecule has 0 saturated heterocycles. The molecule has 0 saturated carbocycles. The Bertz CT molecular complexity index is 405. The number of benzene rings is 1. The molecule has 0 aliphatic rings. The second kappa shape index (κ2) is 5.57. The highest BCUT2D eigenvalue weighted by Gasteiger charge is 2.11. The van der Waals surface area contributed by atoms with Crippen LogP contribution in [0.4, 0.5) is 0 Å². The average Bonchev–Trinajstić information content (AvgIpc) is 2.25. The molecule has 78 valence electrons. The normalized spacial score (nSPS) is 9.40. The smallest absolute Gasteiger partial charge is 0.167 e. The molecule has 0 atom stereocenters. The number of methoxy groups -OCH3 is 1. The van der Waals surface area contributed by atoms with E-state index in [0.717, 1.165) is 4.47 Å².